The molecule has 4 rings (SSSR count). The Morgan fingerprint density at radius 1 is 1.05 bits per heavy atom. The second kappa shape index (κ2) is 15.3. The smallest absolute Gasteiger partial charge is 0.339 e. The molecule has 3 aromatic rings. The Kier molecular flexibility index (Phi) is 11.5. The van der Waals surface area contributed by atoms with Crippen LogP contribution in [0.3, 0.4) is 0 Å². The summed E-state index contributed by atoms with van der Waals surface area (Å²) >= 11 is 9.00. The number of rotatable bonds is 12. The first-order chi connectivity index (χ1) is 20.7. The van der Waals surface area contributed by atoms with Gasteiger partial charge < -0.3 is 19.5 Å². The molecule has 3 amide bonds. The number of nitrogens with zero attached hydrogens (tertiary/aromatic N) is 1. The first-order valence-corrected chi connectivity index (χ1v) is 15.6. The molecule has 0 saturated carbocycles. The van der Waals surface area contributed by atoms with Crippen molar-refractivity contribution in [2.45, 2.75) is 26.9 Å². The van der Waals surface area contributed by atoms with Crippen molar-refractivity contribution in [1.29, 1.82) is 0 Å². The van der Waals surface area contributed by atoms with Crippen LogP contribution in [-0.4, -0.2) is 47.7 Å². The number of nitrogens with one attached hydrogen (secondary N) is 1. The van der Waals surface area contributed by atoms with Gasteiger partial charge in [0.05, 0.1) is 32.3 Å². The summed E-state index contributed by atoms with van der Waals surface area (Å²) in [6.45, 7) is 4.22. The Hall–Kier alpha value is -3.55. The van der Waals surface area contributed by atoms with Crippen molar-refractivity contribution in [1.82, 2.24) is 4.90 Å². The lowest BCUT2D eigenvalue weighted by molar-refractivity contribution is -0.127. The fraction of sp³-hybridized carbons (Fsp3) is 0.226. The van der Waals surface area contributed by atoms with Gasteiger partial charge in [-0.25, -0.2) is 4.79 Å². The van der Waals surface area contributed by atoms with Gasteiger partial charge in [-0.15, -0.1) is 0 Å². The Labute approximate surface area is 272 Å². The molecule has 9 nitrogen and oxygen atoms in total. The second-order valence-corrected chi connectivity index (χ2v) is 11.7. The van der Waals surface area contributed by atoms with Crippen molar-refractivity contribution in [3.63, 3.8) is 0 Å². The Morgan fingerprint density at radius 3 is 2.53 bits per heavy atom. The van der Waals surface area contributed by atoms with Gasteiger partial charge in [0.2, 0.25) is 5.91 Å². The summed E-state index contributed by atoms with van der Waals surface area (Å²) in [5.74, 6) is -0.736. The van der Waals surface area contributed by atoms with E-state index < -0.39 is 29.6 Å². The summed E-state index contributed by atoms with van der Waals surface area (Å²) in [6, 6.07) is 17.7. The summed E-state index contributed by atoms with van der Waals surface area (Å²) in [6.07, 6.45) is 2.23. The molecule has 224 valence electrons. The van der Waals surface area contributed by atoms with Crippen LogP contribution in [0.4, 0.5) is 10.5 Å². The van der Waals surface area contributed by atoms with Crippen LogP contribution in [0.25, 0.3) is 6.08 Å². The van der Waals surface area contributed by atoms with E-state index in [1.807, 2.05) is 50.2 Å². The molecule has 0 atom stereocenters. The summed E-state index contributed by atoms with van der Waals surface area (Å²) in [5.41, 5.74) is 2.01. The number of anilines is 1. The monoisotopic (exact) mass is 734 g/mol. The fourth-order valence-electron chi connectivity index (χ4n) is 3.97. The Bertz CT molecular complexity index is 1570. The molecule has 1 N–H and O–H groups in total. The third-order valence-corrected chi connectivity index (χ3v) is 7.98. The molecule has 0 unspecified atom stereocenters. The van der Waals surface area contributed by atoms with E-state index in [2.05, 4.69) is 27.9 Å². The summed E-state index contributed by atoms with van der Waals surface area (Å²) in [5, 5.41) is 2.20. The Balaban J connectivity index is 1.45. The van der Waals surface area contributed by atoms with E-state index in [0.29, 0.717) is 36.7 Å². The van der Waals surface area contributed by atoms with Gasteiger partial charge in [0.25, 0.3) is 11.1 Å². The fourth-order valence-corrected chi connectivity index (χ4v) is 5.78. The molecule has 1 saturated heterocycles. The molecular weight excluding hydrogens is 707 g/mol. The van der Waals surface area contributed by atoms with Crippen LogP contribution in [0.1, 0.15) is 41.8 Å². The van der Waals surface area contributed by atoms with Gasteiger partial charge in [0, 0.05) is 5.69 Å². The number of benzene rings is 3. The first-order valence-electron chi connectivity index (χ1n) is 13.3. The van der Waals surface area contributed by atoms with Crippen LogP contribution in [-0.2, 0) is 20.9 Å². The van der Waals surface area contributed by atoms with E-state index >= 15 is 0 Å². The first kappa shape index (κ1) is 32.4. The molecule has 3 aromatic carbocycles. The molecule has 43 heavy (non-hydrogen) atoms. The van der Waals surface area contributed by atoms with Crippen LogP contribution in [0.2, 0.25) is 5.02 Å². The normalized spacial score (nSPS) is 13.8. The number of halogens is 2. The predicted molar refractivity (Wildman–Crippen MR) is 174 cm³/mol. The maximum atomic E-state index is 13.1. The molecule has 0 bridgehead atoms. The lowest BCUT2D eigenvalue weighted by Crippen LogP contribution is -2.36. The molecule has 1 heterocycles. The Morgan fingerprint density at radius 2 is 1.81 bits per heavy atom. The van der Waals surface area contributed by atoms with Gasteiger partial charge in [0.15, 0.2) is 11.5 Å². The molecule has 12 heteroatoms. The quantitative estimate of drug-likeness (QED) is 0.119. The highest BCUT2D eigenvalue weighted by atomic mass is 127. The third kappa shape index (κ3) is 8.52. The minimum absolute atomic E-state index is 0.0968. The zero-order valence-corrected chi connectivity index (χ0v) is 27.1. The number of esters is 1. The van der Waals surface area contributed by atoms with Crippen molar-refractivity contribution in [2.75, 3.05) is 25.1 Å². The number of carbonyl (C=O) groups excluding carboxylic acids is 4. The van der Waals surface area contributed by atoms with Crippen LogP contribution in [0, 0.1) is 3.57 Å². The number of carbonyl (C=O) groups is 4. The van der Waals surface area contributed by atoms with Crippen molar-refractivity contribution < 1.29 is 33.4 Å². The maximum absolute atomic E-state index is 13.1. The number of hydrogen-bond acceptors (Lipinski definition) is 8. The minimum atomic E-state index is -0.619. The van der Waals surface area contributed by atoms with Crippen LogP contribution < -0.4 is 14.8 Å². The summed E-state index contributed by atoms with van der Waals surface area (Å²) in [7, 11) is 0. The predicted octanol–water partition coefficient (Wildman–Crippen LogP) is 7.16. The molecule has 0 spiro atoms. The number of thioether (sulfide) groups is 1. The van der Waals surface area contributed by atoms with E-state index in [1.54, 1.807) is 12.1 Å². The standard InChI is InChI=1S/C31H28ClIN2O7S/c1-3-12-41-30(38)22-16-21(10-11-23(22)32)34-27(36)17-35-29(37)26(43-31(35)39)15-20-13-24(33)28(25(14-20)40-4-2)42-18-19-8-6-5-7-9-19/h5-11,13-16H,3-4,12,17-18H2,1-2H3,(H,34,36)/b26-15+. The topological polar surface area (TPSA) is 111 Å². The van der Waals surface area contributed by atoms with Gasteiger partial charge in [-0.1, -0.05) is 48.9 Å². The van der Waals surface area contributed by atoms with Crippen molar-refractivity contribution in [3.05, 3.63) is 90.9 Å². The van der Waals surface area contributed by atoms with E-state index in [0.717, 1.165) is 25.8 Å². The highest BCUT2D eigenvalue weighted by molar-refractivity contribution is 14.1. The second-order valence-electron chi connectivity index (χ2n) is 9.18. The lowest BCUT2D eigenvalue weighted by Gasteiger charge is -2.15. The average Bonchev–Trinajstić information content (AvgIpc) is 3.24. The minimum Gasteiger partial charge on any atom is -0.490 e. The van der Waals surface area contributed by atoms with Gasteiger partial charge in [0.1, 0.15) is 13.2 Å². The van der Waals surface area contributed by atoms with Crippen molar-refractivity contribution >= 4 is 80.7 Å². The SMILES string of the molecule is CCCOC(=O)c1cc(NC(=O)CN2C(=O)S/C(=C/c3cc(I)c(OCc4ccccc4)c(OCC)c3)C2=O)ccc1Cl. The van der Waals surface area contributed by atoms with Crippen molar-refractivity contribution in [2.24, 2.45) is 0 Å². The van der Waals surface area contributed by atoms with E-state index in [1.165, 1.54) is 18.2 Å². The van der Waals surface area contributed by atoms with Crippen LogP contribution in [0.15, 0.2) is 65.6 Å². The largest absolute Gasteiger partial charge is 0.490 e. The highest BCUT2D eigenvalue weighted by Crippen LogP contribution is 2.38. The van der Waals surface area contributed by atoms with Crippen LogP contribution >= 0.6 is 46.0 Å². The maximum Gasteiger partial charge on any atom is 0.339 e. The molecule has 1 fully saturated rings. The van der Waals surface area contributed by atoms with Gasteiger partial charge in [-0.3, -0.25) is 19.3 Å². The molecule has 0 radical (unpaired) electrons. The van der Waals surface area contributed by atoms with E-state index in [-0.39, 0.29) is 27.8 Å². The van der Waals surface area contributed by atoms with Gasteiger partial charge in [-0.2, -0.15) is 0 Å². The lowest BCUT2D eigenvalue weighted by atomic mass is 10.1. The van der Waals surface area contributed by atoms with E-state index in [9.17, 15) is 19.2 Å². The van der Waals surface area contributed by atoms with Crippen molar-refractivity contribution in [3.8, 4) is 11.5 Å². The summed E-state index contributed by atoms with van der Waals surface area (Å²) < 4.78 is 17.8. The number of hydrogen-bond donors (Lipinski definition) is 1. The summed E-state index contributed by atoms with van der Waals surface area (Å²) in [4.78, 5) is 51.9. The van der Waals surface area contributed by atoms with Crippen LogP contribution in [0.5, 0.6) is 11.5 Å². The third-order valence-electron chi connectivity index (χ3n) is 5.94. The zero-order valence-electron chi connectivity index (χ0n) is 23.4. The number of imide groups is 1. The number of amides is 3. The zero-order chi connectivity index (χ0) is 30.9. The molecule has 0 aromatic heterocycles. The van der Waals surface area contributed by atoms with Gasteiger partial charge in [-0.05, 0) is 95.2 Å². The average molecular weight is 735 g/mol. The van der Waals surface area contributed by atoms with Gasteiger partial charge >= 0.3 is 5.97 Å². The molecule has 1 aliphatic rings. The molecule has 0 aliphatic carbocycles. The highest BCUT2D eigenvalue weighted by Gasteiger charge is 2.36. The molecule has 1 aliphatic heterocycles. The van der Waals surface area contributed by atoms with E-state index in [4.69, 9.17) is 25.8 Å². The number of ether oxygens (including phenoxy) is 3. The molecular formula is C31H28ClIN2O7S.